The Morgan fingerprint density at radius 3 is 2.40 bits per heavy atom. The van der Waals surface area contributed by atoms with Gasteiger partial charge in [-0.3, -0.25) is 14.9 Å². The lowest BCUT2D eigenvalue weighted by Crippen LogP contribution is -2.39. The van der Waals surface area contributed by atoms with Crippen LogP contribution < -0.4 is 16.4 Å². The number of carbonyl (C=O) groups excluding carboxylic acids is 1. The maximum absolute atomic E-state index is 10.9. The molecule has 1 aromatic rings. The van der Waals surface area contributed by atoms with Gasteiger partial charge in [0.1, 0.15) is 6.04 Å². The van der Waals surface area contributed by atoms with Gasteiger partial charge in [-0.05, 0) is 13.8 Å². The van der Waals surface area contributed by atoms with Crippen molar-refractivity contribution in [3.8, 4) is 0 Å². The zero-order valence-corrected chi connectivity index (χ0v) is 11.5. The first-order valence-corrected chi connectivity index (χ1v) is 6.20. The summed E-state index contributed by atoms with van der Waals surface area (Å²) in [5, 5.41) is 14.7. The molecule has 0 aliphatic rings. The van der Waals surface area contributed by atoms with Gasteiger partial charge in [-0.1, -0.05) is 0 Å². The quantitative estimate of drug-likeness (QED) is 0.515. The van der Waals surface area contributed by atoms with Gasteiger partial charge in [0.2, 0.25) is 11.9 Å². The topological polar surface area (TPSA) is 130 Å². The van der Waals surface area contributed by atoms with E-state index in [0.29, 0.717) is 5.95 Å². The predicted octanol–water partition coefficient (Wildman–Crippen LogP) is -0.285. The number of primary amides is 1. The summed E-state index contributed by atoms with van der Waals surface area (Å²) < 4.78 is 0. The van der Waals surface area contributed by atoms with E-state index < -0.39 is 17.9 Å². The molecule has 1 atom stereocenters. The van der Waals surface area contributed by atoms with E-state index in [1.807, 2.05) is 13.8 Å². The van der Waals surface area contributed by atoms with Gasteiger partial charge in [-0.25, -0.2) is 9.97 Å². The van der Waals surface area contributed by atoms with Gasteiger partial charge in [0.25, 0.3) is 0 Å². The molecule has 8 heteroatoms. The summed E-state index contributed by atoms with van der Waals surface area (Å²) in [7, 11) is 0. The molecule has 0 unspecified atom stereocenters. The summed E-state index contributed by atoms with van der Waals surface area (Å²) in [5.74, 6) is -1.28. The average molecular weight is 281 g/mol. The minimum Gasteiger partial charge on any atom is -0.480 e. The molecule has 0 aromatic carbocycles. The number of amides is 1. The van der Waals surface area contributed by atoms with E-state index in [0.717, 1.165) is 5.56 Å². The molecule has 0 bridgehead atoms. The number of anilines is 1. The minimum absolute atomic E-state index is 0.228. The molecule has 1 aromatic heterocycles. The number of aromatic nitrogens is 2. The van der Waals surface area contributed by atoms with Crippen LogP contribution in [-0.2, 0) is 16.1 Å². The summed E-state index contributed by atoms with van der Waals surface area (Å²) in [6.45, 7) is 4.19. The second-order valence-electron chi connectivity index (χ2n) is 4.66. The molecule has 1 amide bonds. The third-order valence-corrected chi connectivity index (χ3v) is 2.38. The van der Waals surface area contributed by atoms with Gasteiger partial charge in [-0.2, -0.15) is 0 Å². The highest BCUT2D eigenvalue weighted by atomic mass is 16.4. The van der Waals surface area contributed by atoms with Crippen molar-refractivity contribution in [1.29, 1.82) is 0 Å². The largest absolute Gasteiger partial charge is 0.480 e. The van der Waals surface area contributed by atoms with E-state index >= 15 is 0 Å². The molecule has 110 valence electrons. The molecular formula is C12H19N5O3. The fourth-order valence-electron chi connectivity index (χ4n) is 1.47. The fraction of sp³-hybridized carbons (Fsp3) is 0.500. The molecule has 0 radical (unpaired) electrons. The highest BCUT2D eigenvalue weighted by Crippen LogP contribution is 2.03. The van der Waals surface area contributed by atoms with Gasteiger partial charge in [0, 0.05) is 30.5 Å². The number of nitrogens with zero attached hydrogens (tertiary/aromatic N) is 2. The normalized spacial score (nSPS) is 12.2. The van der Waals surface area contributed by atoms with Crippen molar-refractivity contribution in [1.82, 2.24) is 15.3 Å². The van der Waals surface area contributed by atoms with Crippen molar-refractivity contribution in [2.45, 2.75) is 38.9 Å². The van der Waals surface area contributed by atoms with E-state index in [2.05, 4.69) is 20.6 Å². The predicted molar refractivity (Wildman–Crippen MR) is 72.9 cm³/mol. The SMILES string of the molecule is CC(C)Nc1ncc(CN[C@@H](CC(N)=O)C(=O)O)cn1. The molecule has 0 saturated heterocycles. The molecule has 0 saturated carbocycles. The first-order chi connectivity index (χ1) is 9.38. The Bertz CT molecular complexity index is 461. The Balaban J connectivity index is 2.55. The highest BCUT2D eigenvalue weighted by Gasteiger charge is 2.19. The van der Waals surface area contributed by atoms with E-state index in [9.17, 15) is 9.59 Å². The lowest BCUT2D eigenvalue weighted by atomic mass is 10.2. The van der Waals surface area contributed by atoms with Crippen LogP contribution in [0.1, 0.15) is 25.8 Å². The molecule has 0 aliphatic heterocycles. The number of hydrogen-bond acceptors (Lipinski definition) is 6. The highest BCUT2D eigenvalue weighted by molar-refractivity contribution is 5.83. The average Bonchev–Trinajstić information content (AvgIpc) is 2.34. The van der Waals surface area contributed by atoms with Crippen LogP contribution in [-0.4, -0.2) is 39.0 Å². The van der Waals surface area contributed by atoms with Crippen LogP contribution in [0, 0.1) is 0 Å². The van der Waals surface area contributed by atoms with Crippen molar-refractivity contribution < 1.29 is 14.7 Å². The number of carboxylic acid groups (broad SMARTS) is 1. The molecule has 5 N–H and O–H groups in total. The Morgan fingerprint density at radius 1 is 1.35 bits per heavy atom. The van der Waals surface area contributed by atoms with Gasteiger partial charge in [0.15, 0.2) is 0 Å². The zero-order valence-electron chi connectivity index (χ0n) is 11.5. The third-order valence-electron chi connectivity index (χ3n) is 2.38. The van der Waals surface area contributed by atoms with Crippen LogP contribution in [0.3, 0.4) is 0 Å². The van der Waals surface area contributed by atoms with Crippen LogP contribution in [0.2, 0.25) is 0 Å². The number of nitrogens with two attached hydrogens (primary N) is 1. The first kappa shape index (κ1) is 15.8. The lowest BCUT2D eigenvalue weighted by molar-refractivity contribution is -0.141. The molecule has 0 spiro atoms. The van der Waals surface area contributed by atoms with Gasteiger partial charge in [0.05, 0.1) is 6.42 Å². The molecule has 0 aliphatic carbocycles. The number of carboxylic acids is 1. The maximum Gasteiger partial charge on any atom is 0.321 e. The molecule has 1 rings (SSSR count). The van der Waals surface area contributed by atoms with Crippen LogP contribution in [0.15, 0.2) is 12.4 Å². The second-order valence-corrected chi connectivity index (χ2v) is 4.66. The second kappa shape index (κ2) is 7.39. The van der Waals surface area contributed by atoms with Crippen LogP contribution >= 0.6 is 0 Å². The maximum atomic E-state index is 10.9. The Hall–Kier alpha value is -2.22. The van der Waals surface area contributed by atoms with Crippen LogP contribution in [0.5, 0.6) is 0 Å². The van der Waals surface area contributed by atoms with E-state index in [1.54, 1.807) is 12.4 Å². The van der Waals surface area contributed by atoms with Crippen molar-refractivity contribution in [2.75, 3.05) is 5.32 Å². The monoisotopic (exact) mass is 281 g/mol. The number of nitrogens with one attached hydrogen (secondary N) is 2. The van der Waals surface area contributed by atoms with E-state index in [-0.39, 0.29) is 19.0 Å². The van der Waals surface area contributed by atoms with Crippen molar-refractivity contribution in [2.24, 2.45) is 5.73 Å². The van der Waals surface area contributed by atoms with Gasteiger partial charge >= 0.3 is 5.97 Å². The van der Waals surface area contributed by atoms with Gasteiger partial charge < -0.3 is 16.2 Å². The van der Waals surface area contributed by atoms with E-state index in [4.69, 9.17) is 10.8 Å². The van der Waals surface area contributed by atoms with E-state index in [1.165, 1.54) is 0 Å². The summed E-state index contributed by atoms with van der Waals surface area (Å²) in [4.78, 5) is 29.9. The number of rotatable bonds is 8. The minimum atomic E-state index is -1.12. The summed E-state index contributed by atoms with van der Waals surface area (Å²) >= 11 is 0. The molecule has 20 heavy (non-hydrogen) atoms. The van der Waals surface area contributed by atoms with Gasteiger partial charge in [-0.15, -0.1) is 0 Å². The molecule has 8 nitrogen and oxygen atoms in total. The fourth-order valence-corrected chi connectivity index (χ4v) is 1.47. The number of hydrogen-bond donors (Lipinski definition) is 4. The van der Waals surface area contributed by atoms with Crippen LogP contribution in [0.4, 0.5) is 5.95 Å². The zero-order chi connectivity index (χ0) is 15.1. The summed E-state index contributed by atoms with van der Waals surface area (Å²) in [6, 6.07) is -0.785. The van der Waals surface area contributed by atoms with Crippen LogP contribution in [0.25, 0.3) is 0 Å². The molecule has 1 heterocycles. The summed E-state index contributed by atoms with van der Waals surface area (Å²) in [5.41, 5.74) is 5.71. The third kappa shape index (κ3) is 5.61. The molecule has 0 fully saturated rings. The smallest absolute Gasteiger partial charge is 0.321 e. The Kier molecular flexibility index (Phi) is 5.85. The number of aliphatic carboxylic acids is 1. The Morgan fingerprint density at radius 2 is 1.95 bits per heavy atom. The first-order valence-electron chi connectivity index (χ1n) is 6.20. The lowest BCUT2D eigenvalue weighted by Gasteiger charge is -2.13. The number of carbonyl (C=O) groups is 2. The molecular weight excluding hydrogens is 262 g/mol. The van der Waals surface area contributed by atoms with Crippen molar-refractivity contribution >= 4 is 17.8 Å². The standard InChI is InChI=1S/C12H19N5O3/c1-7(2)17-12-15-5-8(6-16-12)4-14-9(11(19)20)3-10(13)18/h5-7,9,14H,3-4H2,1-2H3,(H2,13,18)(H,19,20)(H,15,16,17)/t9-/m0/s1. The van der Waals surface area contributed by atoms with Crippen molar-refractivity contribution in [3.05, 3.63) is 18.0 Å². The Labute approximate surface area is 116 Å². The summed E-state index contributed by atoms with van der Waals surface area (Å²) in [6.07, 6.45) is 2.92. The van der Waals surface area contributed by atoms with Crippen molar-refractivity contribution in [3.63, 3.8) is 0 Å².